The molecule has 1 N–H and O–H groups in total. The minimum atomic E-state index is -0.244. The first-order chi connectivity index (χ1) is 9.22. The second-order valence-electron chi connectivity index (χ2n) is 4.74. The average Bonchev–Trinajstić information content (AvgIpc) is 2.44. The molecule has 1 aliphatic rings. The number of hydrogen-bond acceptors (Lipinski definition) is 3. The lowest BCUT2D eigenvalue weighted by molar-refractivity contribution is 0.243. The topological polar surface area (TPSA) is 24.5 Å². The predicted molar refractivity (Wildman–Crippen MR) is 74.9 cm³/mol. The van der Waals surface area contributed by atoms with Gasteiger partial charge in [-0.1, -0.05) is 5.92 Å². The maximum atomic E-state index is 13.7. The molecule has 102 valence electrons. The third kappa shape index (κ3) is 3.62. The summed E-state index contributed by atoms with van der Waals surface area (Å²) in [5, 5.41) is 3.25. The summed E-state index contributed by atoms with van der Waals surface area (Å²) in [7, 11) is 1.58. The van der Waals surface area contributed by atoms with Crippen LogP contribution in [0, 0.1) is 18.2 Å². The lowest BCUT2D eigenvalue weighted by Gasteiger charge is -2.31. The van der Waals surface area contributed by atoms with E-state index in [1.165, 1.54) is 6.07 Å². The van der Waals surface area contributed by atoms with E-state index in [4.69, 9.17) is 11.2 Å². The van der Waals surface area contributed by atoms with Crippen molar-refractivity contribution in [1.29, 1.82) is 0 Å². The number of benzene rings is 1. The number of methoxy groups -OCH3 is 1. The van der Waals surface area contributed by atoms with Crippen molar-refractivity contribution in [2.24, 2.45) is 0 Å². The quantitative estimate of drug-likeness (QED) is 0.843. The van der Waals surface area contributed by atoms with E-state index in [1.54, 1.807) is 19.2 Å². The van der Waals surface area contributed by atoms with Crippen molar-refractivity contribution in [3.05, 3.63) is 24.0 Å². The Balaban J connectivity index is 1.94. The molecule has 3 nitrogen and oxygen atoms in total. The third-order valence-electron chi connectivity index (χ3n) is 3.44. The van der Waals surface area contributed by atoms with Crippen LogP contribution < -0.4 is 10.1 Å². The summed E-state index contributed by atoms with van der Waals surface area (Å²) in [6.07, 6.45) is 7.24. The Hall–Kier alpha value is -1.73. The lowest BCUT2D eigenvalue weighted by Crippen LogP contribution is -2.39. The van der Waals surface area contributed by atoms with Crippen LogP contribution in [0.5, 0.6) is 5.75 Å². The Labute approximate surface area is 113 Å². The molecule has 0 aliphatic carbocycles. The first kappa shape index (κ1) is 13.7. The molecule has 0 radical (unpaired) electrons. The summed E-state index contributed by atoms with van der Waals surface area (Å²) in [4.78, 5) is 2.24. The van der Waals surface area contributed by atoms with Gasteiger partial charge in [0.15, 0.2) is 0 Å². The molecule has 1 aromatic rings. The van der Waals surface area contributed by atoms with Gasteiger partial charge in [-0.3, -0.25) is 4.90 Å². The summed E-state index contributed by atoms with van der Waals surface area (Å²) in [5.41, 5.74) is 0.509. The van der Waals surface area contributed by atoms with Gasteiger partial charge in [0.25, 0.3) is 0 Å². The Bertz CT molecular complexity index is 462. The van der Waals surface area contributed by atoms with Crippen LogP contribution in [0.1, 0.15) is 12.8 Å². The Morgan fingerprint density at radius 1 is 1.47 bits per heavy atom. The second kappa shape index (κ2) is 6.44. The van der Waals surface area contributed by atoms with E-state index in [-0.39, 0.29) is 11.9 Å². The van der Waals surface area contributed by atoms with Crippen LogP contribution in [-0.4, -0.2) is 37.7 Å². The average molecular weight is 262 g/mol. The Kier molecular flexibility index (Phi) is 4.64. The highest BCUT2D eigenvalue weighted by atomic mass is 19.1. The van der Waals surface area contributed by atoms with Crippen LogP contribution in [0.2, 0.25) is 0 Å². The number of anilines is 1. The van der Waals surface area contributed by atoms with Gasteiger partial charge in [0.1, 0.15) is 11.6 Å². The number of terminal acetylenes is 1. The van der Waals surface area contributed by atoms with Crippen molar-refractivity contribution in [1.82, 2.24) is 4.90 Å². The molecule has 1 saturated heterocycles. The first-order valence-electron chi connectivity index (χ1n) is 6.49. The fraction of sp³-hybridized carbons (Fsp3) is 0.467. The molecule has 0 amide bonds. The van der Waals surface area contributed by atoms with Gasteiger partial charge in [-0.05, 0) is 25.0 Å². The van der Waals surface area contributed by atoms with Gasteiger partial charge in [0.2, 0.25) is 0 Å². The van der Waals surface area contributed by atoms with Crippen molar-refractivity contribution in [3.8, 4) is 18.1 Å². The third-order valence-corrected chi connectivity index (χ3v) is 3.44. The van der Waals surface area contributed by atoms with Gasteiger partial charge in [0.05, 0.1) is 19.3 Å². The lowest BCUT2D eigenvalue weighted by atomic mass is 10.0. The zero-order chi connectivity index (χ0) is 13.7. The number of likely N-dealkylation sites (tertiary alicyclic amines) is 1. The summed E-state index contributed by atoms with van der Waals surface area (Å²) in [6, 6.07) is 5.03. The fourth-order valence-corrected chi connectivity index (χ4v) is 2.33. The fourth-order valence-electron chi connectivity index (χ4n) is 2.33. The Morgan fingerprint density at radius 2 is 2.21 bits per heavy atom. The predicted octanol–water partition coefficient (Wildman–Crippen LogP) is 2.34. The minimum absolute atomic E-state index is 0.244. The summed E-state index contributed by atoms with van der Waals surface area (Å²) in [6.45, 7) is 2.60. The number of nitrogens with one attached hydrogen (secondary N) is 1. The SMILES string of the molecule is C#CCN1CCC(Nc2cc(OC)ccc2F)CC1. The maximum absolute atomic E-state index is 13.7. The highest BCUT2D eigenvalue weighted by Crippen LogP contribution is 2.24. The molecule has 1 heterocycles. The van der Waals surface area contributed by atoms with E-state index in [1.807, 2.05) is 0 Å². The maximum Gasteiger partial charge on any atom is 0.146 e. The number of piperidine rings is 1. The van der Waals surface area contributed by atoms with E-state index < -0.39 is 0 Å². The zero-order valence-electron chi connectivity index (χ0n) is 11.2. The first-order valence-corrected chi connectivity index (χ1v) is 6.49. The molecule has 1 aliphatic heterocycles. The molecule has 0 saturated carbocycles. The van der Waals surface area contributed by atoms with Gasteiger partial charge in [-0.15, -0.1) is 6.42 Å². The molecule has 1 aromatic carbocycles. The second-order valence-corrected chi connectivity index (χ2v) is 4.74. The molecular formula is C15H19FN2O. The molecular weight excluding hydrogens is 243 g/mol. The van der Waals surface area contributed by atoms with Crippen LogP contribution >= 0.6 is 0 Å². The molecule has 2 rings (SSSR count). The Morgan fingerprint density at radius 3 is 2.84 bits per heavy atom. The monoisotopic (exact) mass is 262 g/mol. The largest absolute Gasteiger partial charge is 0.497 e. The van der Waals surface area contributed by atoms with E-state index in [9.17, 15) is 4.39 Å². The normalized spacial score (nSPS) is 16.9. The van der Waals surface area contributed by atoms with Crippen molar-refractivity contribution >= 4 is 5.69 Å². The number of hydrogen-bond donors (Lipinski definition) is 1. The van der Waals surface area contributed by atoms with Crippen molar-refractivity contribution in [3.63, 3.8) is 0 Å². The molecule has 0 unspecified atom stereocenters. The van der Waals surface area contributed by atoms with Gasteiger partial charge in [0, 0.05) is 25.2 Å². The van der Waals surface area contributed by atoms with Crippen molar-refractivity contribution < 1.29 is 9.13 Å². The van der Waals surface area contributed by atoms with E-state index in [2.05, 4.69) is 16.1 Å². The number of ether oxygens (including phenoxy) is 1. The molecule has 0 atom stereocenters. The summed E-state index contributed by atoms with van der Waals surface area (Å²) < 4.78 is 18.8. The molecule has 0 bridgehead atoms. The molecule has 0 spiro atoms. The van der Waals surface area contributed by atoms with Gasteiger partial charge < -0.3 is 10.1 Å². The van der Waals surface area contributed by atoms with Crippen LogP contribution in [0.3, 0.4) is 0 Å². The van der Waals surface area contributed by atoms with E-state index >= 15 is 0 Å². The van der Waals surface area contributed by atoms with Crippen LogP contribution in [0.25, 0.3) is 0 Å². The highest BCUT2D eigenvalue weighted by molar-refractivity contribution is 5.50. The highest BCUT2D eigenvalue weighted by Gasteiger charge is 2.19. The molecule has 0 aromatic heterocycles. The molecule has 4 heteroatoms. The number of halogens is 1. The molecule has 1 fully saturated rings. The summed E-state index contributed by atoms with van der Waals surface area (Å²) in [5.74, 6) is 3.07. The van der Waals surface area contributed by atoms with Crippen LogP contribution in [-0.2, 0) is 0 Å². The van der Waals surface area contributed by atoms with E-state index in [0.717, 1.165) is 25.9 Å². The van der Waals surface area contributed by atoms with Crippen LogP contribution in [0.15, 0.2) is 18.2 Å². The van der Waals surface area contributed by atoms with Crippen molar-refractivity contribution in [2.45, 2.75) is 18.9 Å². The smallest absolute Gasteiger partial charge is 0.146 e. The standard InChI is InChI=1S/C15H19FN2O/c1-3-8-18-9-6-12(7-10-18)17-15-11-13(19-2)4-5-14(15)16/h1,4-5,11-12,17H,6-10H2,2H3. The number of nitrogens with zero attached hydrogens (tertiary/aromatic N) is 1. The number of rotatable bonds is 4. The van der Waals surface area contributed by atoms with Gasteiger partial charge in [-0.2, -0.15) is 0 Å². The minimum Gasteiger partial charge on any atom is -0.497 e. The van der Waals surface area contributed by atoms with Crippen LogP contribution in [0.4, 0.5) is 10.1 Å². The summed E-state index contributed by atoms with van der Waals surface area (Å²) >= 11 is 0. The van der Waals surface area contributed by atoms with Crippen molar-refractivity contribution in [2.75, 3.05) is 32.1 Å². The van der Waals surface area contributed by atoms with Gasteiger partial charge >= 0.3 is 0 Å². The molecule has 19 heavy (non-hydrogen) atoms. The van der Waals surface area contributed by atoms with E-state index in [0.29, 0.717) is 18.0 Å². The van der Waals surface area contributed by atoms with Gasteiger partial charge in [-0.25, -0.2) is 4.39 Å². The zero-order valence-corrected chi connectivity index (χ0v) is 11.2.